The summed E-state index contributed by atoms with van der Waals surface area (Å²) >= 11 is 5.67. The van der Waals surface area contributed by atoms with E-state index in [1.54, 1.807) is 24.5 Å². The maximum Gasteiger partial charge on any atom is 0.141 e. The molecule has 1 aromatic heterocycles. The summed E-state index contributed by atoms with van der Waals surface area (Å²) in [5.41, 5.74) is 1.79. The first-order valence-corrected chi connectivity index (χ1v) is 4.50. The molecule has 14 heavy (non-hydrogen) atoms. The molecule has 1 aromatic carbocycles. The number of pyridine rings is 1. The van der Waals surface area contributed by atoms with Gasteiger partial charge >= 0.3 is 0 Å². The van der Waals surface area contributed by atoms with Crippen LogP contribution in [0.4, 0.5) is 4.39 Å². The van der Waals surface area contributed by atoms with E-state index in [1.165, 1.54) is 6.07 Å². The van der Waals surface area contributed by atoms with Crippen LogP contribution in [0, 0.1) is 5.82 Å². The topological polar surface area (TPSA) is 12.9 Å². The molecule has 0 radical (unpaired) electrons. The Kier molecular flexibility index (Phi) is 2.46. The third kappa shape index (κ3) is 1.75. The zero-order chi connectivity index (χ0) is 9.97. The summed E-state index contributed by atoms with van der Waals surface area (Å²) in [6.07, 6.45) is 3.40. The molecule has 2 aromatic rings. The zero-order valence-corrected chi connectivity index (χ0v) is 8.00. The number of benzene rings is 1. The number of rotatable bonds is 1. The van der Waals surface area contributed by atoms with Gasteiger partial charge in [0.2, 0.25) is 0 Å². The molecule has 0 atom stereocenters. The molecule has 0 bridgehead atoms. The van der Waals surface area contributed by atoms with Crippen molar-refractivity contribution < 1.29 is 4.39 Å². The summed E-state index contributed by atoms with van der Waals surface area (Å²) in [5, 5.41) is 0.131. The fraction of sp³-hybridized carbons (Fsp3) is 0. The highest BCUT2D eigenvalue weighted by Gasteiger charge is 2.02. The number of aromatic nitrogens is 1. The minimum atomic E-state index is -0.403. The van der Waals surface area contributed by atoms with Crippen LogP contribution in [-0.2, 0) is 0 Å². The number of hydrogen-bond acceptors (Lipinski definition) is 1. The molecule has 2 rings (SSSR count). The molecular weight excluding hydrogens is 201 g/mol. The van der Waals surface area contributed by atoms with E-state index >= 15 is 0 Å². The Labute approximate surface area is 86.2 Å². The Morgan fingerprint density at radius 2 is 2.00 bits per heavy atom. The van der Waals surface area contributed by atoms with E-state index in [-0.39, 0.29) is 5.02 Å². The smallest absolute Gasteiger partial charge is 0.141 e. The highest BCUT2D eigenvalue weighted by molar-refractivity contribution is 6.31. The molecule has 0 aliphatic heterocycles. The Bertz CT molecular complexity index is 442. The first-order valence-electron chi connectivity index (χ1n) is 4.13. The van der Waals surface area contributed by atoms with E-state index in [4.69, 9.17) is 11.6 Å². The van der Waals surface area contributed by atoms with Crippen LogP contribution in [-0.4, -0.2) is 4.98 Å². The van der Waals surface area contributed by atoms with E-state index in [0.29, 0.717) is 0 Å². The van der Waals surface area contributed by atoms with Crippen LogP contribution in [0.2, 0.25) is 5.02 Å². The molecule has 1 nitrogen and oxygen atoms in total. The molecule has 0 saturated heterocycles. The van der Waals surface area contributed by atoms with Crippen LogP contribution in [0.1, 0.15) is 0 Å². The van der Waals surface area contributed by atoms with Gasteiger partial charge < -0.3 is 0 Å². The molecule has 0 spiro atoms. The van der Waals surface area contributed by atoms with E-state index < -0.39 is 5.82 Å². The Hall–Kier alpha value is -1.41. The fourth-order valence-corrected chi connectivity index (χ4v) is 1.39. The van der Waals surface area contributed by atoms with Crippen LogP contribution in [0.3, 0.4) is 0 Å². The second-order valence-corrected chi connectivity index (χ2v) is 3.28. The lowest BCUT2D eigenvalue weighted by molar-refractivity contribution is 0.628. The molecule has 70 valence electrons. The van der Waals surface area contributed by atoms with Crippen molar-refractivity contribution in [2.24, 2.45) is 0 Å². The third-order valence-corrected chi connectivity index (χ3v) is 2.20. The average Bonchev–Trinajstić information content (AvgIpc) is 2.23. The quantitative estimate of drug-likeness (QED) is 0.697. The fourth-order valence-electron chi connectivity index (χ4n) is 1.21. The van der Waals surface area contributed by atoms with Crippen LogP contribution in [0.25, 0.3) is 11.1 Å². The molecule has 0 amide bonds. The van der Waals surface area contributed by atoms with Gasteiger partial charge in [-0.15, -0.1) is 0 Å². The van der Waals surface area contributed by atoms with Gasteiger partial charge in [-0.25, -0.2) is 4.39 Å². The van der Waals surface area contributed by atoms with Gasteiger partial charge in [0.1, 0.15) is 5.82 Å². The van der Waals surface area contributed by atoms with Crippen LogP contribution < -0.4 is 0 Å². The second-order valence-electron chi connectivity index (χ2n) is 2.87. The van der Waals surface area contributed by atoms with Crippen LogP contribution >= 0.6 is 11.6 Å². The van der Waals surface area contributed by atoms with Crippen molar-refractivity contribution in [2.45, 2.75) is 0 Å². The molecule has 0 unspecified atom stereocenters. The van der Waals surface area contributed by atoms with Gasteiger partial charge in [-0.05, 0) is 23.8 Å². The Morgan fingerprint density at radius 3 is 2.64 bits per heavy atom. The summed E-state index contributed by atoms with van der Waals surface area (Å²) in [5.74, 6) is -0.403. The molecule has 1 heterocycles. The largest absolute Gasteiger partial charge is 0.264 e. The summed E-state index contributed by atoms with van der Waals surface area (Å²) < 4.78 is 12.9. The van der Waals surface area contributed by atoms with Crippen molar-refractivity contribution >= 4 is 11.6 Å². The zero-order valence-electron chi connectivity index (χ0n) is 7.24. The Balaban J connectivity index is 2.48. The lowest BCUT2D eigenvalue weighted by Crippen LogP contribution is -1.81. The predicted octanol–water partition coefficient (Wildman–Crippen LogP) is 3.54. The van der Waals surface area contributed by atoms with Gasteiger partial charge in [-0.2, -0.15) is 0 Å². The van der Waals surface area contributed by atoms with Crippen molar-refractivity contribution in [3.63, 3.8) is 0 Å². The van der Waals surface area contributed by atoms with Gasteiger partial charge in [0, 0.05) is 18.0 Å². The second kappa shape index (κ2) is 3.76. The predicted molar refractivity (Wildman–Crippen MR) is 54.6 cm³/mol. The van der Waals surface area contributed by atoms with Crippen LogP contribution in [0.5, 0.6) is 0 Å². The number of halogens is 2. The SMILES string of the molecule is Fc1ccc(-c2cccnc2)cc1Cl. The lowest BCUT2D eigenvalue weighted by atomic mass is 10.1. The van der Waals surface area contributed by atoms with E-state index in [1.807, 2.05) is 12.1 Å². The van der Waals surface area contributed by atoms with Crippen molar-refractivity contribution in [3.05, 3.63) is 53.6 Å². The number of nitrogens with zero attached hydrogens (tertiary/aromatic N) is 1. The third-order valence-electron chi connectivity index (χ3n) is 1.91. The van der Waals surface area contributed by atoms with Crippen LogP contribution in [0.15, 0.2) is 42.7 Å². The average molecular weight is 208 g/mol. The molecule has 3 heteroatoms. The summed E-state index contributed by atoms with van der Waals surface area (Å²) in [7, 11) is 0. The first kappa shape index (κ1) is 9.16. The highest BCUT2D eigenvalue weighted by Crippen LogP contribution is 2.23. The molecule has 0 N–H and O–H groups in total. The van der Waals surface area contributed by atoms with Gasteiger partial charge in [-0.3, -0.25) is 4.98 Å². The molecule has 0 fully saturated rings. The van der Waals surface area contributed by atoms with Gasteiger partial charge in [0.15, 0.2) is 0 Å². The van der Waals surface area contributed by atoms with E-state index in [0.717, 1.165) is 11.1 Å². The standard InChI is InChI=1S/C11H7ClFN/c12-10-6-8(3-4-11(10)13)9-2-1-5-14-7-9/h1-7H. The lowest BCUT2D eigenvalue weighted by Gasteiger charge is -2.01. The minimum Gasteiger partial charge on any atom is -0.264 e. The minimum absolute atomic E-state index is 0.131. The maximum atomic E-state index is 12.9. The van der Waals surface area contributed by atoms with Crippen molar-refractivity contribution in [2.75, 3.05) is 0 Å². The van der Waals surface area contributed by atoms with Crippen molar-refractivity contribution in [3.8, 4) is 11.1 Å². The van der Waals surface area contributed by atoms with Gasteiger partial charge in [0.25, 0.3) is 0 Å². The molecule has 0 saturated carbocycles. The summed E-state index contributed by atoms with van der Waals surface area (Å²) in [4.78, 5) is 3.98. The normalized spacial score (nSPS) is 10.1. The summed E-state index contributed by atoms with van der Waals surface area (Å²) in [6.45, 7) is 0. The number of hydrogen-bond donors (Lipinski definition) is 0. The Morgan fingerprint density at radius 1 is 1.14 bits per heavy atom. The summed E-state index contributed by atoms with van der Waals surface area (Å²) in [6, 6.07) is 8.35. The van der Waals surface area contributed by atoms with Crippen molar-refractivity contribution in [1.82, 2.24) is 4.98 Å². The van der Waals surface area contributed by atoms with Gasteiger partial charge in [-0.1, -0.05) is 23.7 Å². The molecule has 0 aliphatic rings. The monoisotopic (exact) mass is 207 g/mol. The van der Waals surface area contributed by atoms with Crippen molar-refractivity contribution in [1.29, 1.82) is 0 Å². The maximum absolute atomic E-state index is 12.9. The van der Waals surface area contributed by atoms with E-state index in [2.05, 4.69) is 4.98 Å². The highest BCUT2D eigenvalue weighted by atomic mass is 35.5. The first-order chi connectivity index (χ1) is 6.77. The van der Waals surface area contributed by atoms with E-state index in [9.17, 15) is 4.39 Å². The molecule has 0 aliphatic carbocycles. The van der Waals surface area contributed by atoms with Gasteiger partial charge in [0.05, 0.1) is 5.02 Å². The molecular formula is C11H7ClFN.